The Kier molecular flexibility index (Phi) is 6.56. The van der Waals surface area contributed by atoms with E-state index in [-0.39, 0.29) is 12.5 Å². The van der Waals surface area contributed by atoms with Crippen molar-refractivity contribution >= 4 is 17.9 Å². The molecular formula is C16H23N3O4. The van der Waals surface area contributed by atoms with Crippen LogP contribution in [0, 0.1) is 0 Å². The van der Waals surface area contributed by atoms with Gasteiger partial charge in [0.15, 0.2) is 0 Å². The van der Waals surface area contributed by atoms with E-state index < -0.39 is 23.6 Å². The minimum Gasteiger partial charge on any atom is -0.444 e. The standard InChI is InChI=1S/C16H23N3O4/c1-16(2,3)23-15(22)19-12(14(21)17-4)10-18-13(20)11-8-6-5-7-9-11/h5-9,12H,10H2,1-4H3,(H,17,21)(H,18,20)(H,19,22)/t12-/m0/s1. The number of amides is 3. The van der Waals surface area contributed by atoms with Crippen LogP contribution in [0.5, 0.6) is 0 Å². The fourth-order valence-electron chi connectivity index (χ4n) is 1.72. The van der Waals surface area contributed by atoms with E-state index in [0.717, 1.165) is 0 Å². The van der Waals surface area contributed by atoms with Crippen molar-refractivity contribution in [2.45, 2.75) is 32.4 Å². The zero-order chi connectivity index (χ0) is 17.5. The van der Waals surface area contributed by atoms with E-state index in [1.165, 1.54) is 7.05 Å². The third-order valence-electron chi connectivity index (χ3n) is 2.76. The molecule has 0 radical (unpaired) electrons. The number of nitrogens with one attached hydrogen (secondary N) is 3. The van der Waals surface area contributed by atoms with E-state index in [9.17, 15) is 14.4 Å². The molecule has 0 aliphatic carbocycles. The number of benzene rings is 1. The molecule has 7 heteroatoms. The Morgan fingerprint density at radius 1 is 1.13 bits per heavy atom. The summed E-state index contributed by atoms with van der Waals surface area (Å²) in [5.41, 5.74) is -0.203. The SMILES string of the molecule is CNC(=O)[C@H](CNC(=O)c1ccccc1)NC(=O)OC(C)(C)C. The quantitative estimate of drug-likeness (QED) is 0.755. The number of carbonyl (C=O) groups is 3. The number of rotatable bonds is 5. The molecule has 7 nitrogen and oxygen atoms in total. The van der Waals surface area contributed by atoms with Gasteiger partial charge in [-0.1, -0.05) is 18.2 Å². The molecule has 0 bridgehead atoms. The van der Waals surface area contributed by atoms with E-state index in [1.54, 1.807) is 51.1 Å². The normalized spacial score (nSPS) is 12.0. The van der Waals surface area contributed by atoms with E-state index in [2.05, 4.69) is 16.0 Å². The zero-order valence-corrected chi connectivity index (χ0v) is 13.8. The molecule has 1 rings (SSSR count). The van der Waals surface area contributed by atoms with E-state index in [1.807, 2.05) is 0 Å². The van der Waals surface area contributed by atoms with Crippen molar-refractivity contribution in [2.75, 3.05) is 13.6 Å². The van der Waals surface area contributed by atoms with Gasteiger partial charge in [0.2, 0.25) is 5.91 Å². The van der Waals surface area contributed by atoms with Crippen molar-refractivity contribution in [1.82, 2.24) is 16.0 Å². The van der Waals surface area contributed by atoms with Gasteiger partial charge in [-0.2, -0.15) is 0 Å². The first-order valence-corrected chi connectivity index (χ1v) is 7.27. The first kappa shape index (κ1) is 18.5. The van der Waals surface area contributed by atoms with Crippen LogP contribution in [0.25, 0.3) is 0 Å². The maximum Gasteiger partial charge on any atom is 0.408 e. The number of alkyl carbamates (subject to hydrolysis) is 1. The molecule has 3 amide bonds. The van der Waals surface area contributed by atoms with E-state index >= 15 is 0 Å². The fourth-order valence-corrected chi connectivity index (χ4v) is 1.72. The number of carbonyl (C=O) groups excluding carboxylic acids is 3. The highest BCUT2D eigenvalue weighted by Gasteiger charge is 2.24. The molecule has 0 saturated carbocycles. The molecule has 1 atom stereocenters. The highest BCUT2D eigenvalue weighted by atomic mass is 16.6. The van der Waals surface area contributed by atoms with Crippen molar-refractivity contribution in [1.29, 1.82) is 0 Å². The molecule has 0 fully saturated rings. The van der Waals surface area contributed by atoms with Gasteiger partial charge < -0.3 is 20.7 Å². The van der Waals surface area contributed by atoms with Gasteiger partial charge in [0.05, 0.1) is 0 Å². The van der Waals surface area contributed by atoms with Gasteiger partial charge in [0.1, 0.15) is 11.6 Å². The summed E-state index contributed by atoms with van der Waals surface area (Å²) in [7, 11) is 1.45. The van der Waals surface area contributed by atoms with Crippen molar-refractivity contribution < 1.29 is 19.1 Å². The lowest BCUT2D eigenvalue weighted by molar-refractivity contribution is -0.122. The summed E-state index contributed by atoms with van der Waals surface area (Å²) in [5, 5.41) is 7.49. The summed E-state index contributed by atoms with van der Waals surface area (Å²) < 4.78 is 5.11. The molecule has 0 saturated heterocycles. The third-order valence-corrected chi connectivity index (χ3v) is 2.76. The first-order valence-electron chi connectivity index (χ1n) is 7.27. The van der Waals surface area contributed by atoms with Crippen LogP contribution in [0.15, 0.2) is 30.3 Å². The maximum absolute atomic E-state index is 12.0. The molecule has 23 heavy (non-hydrogen) atoms. The van der Waals surface area contributed by atoms with Gasteiger partial charge in [0, 0.05) is 19.2 Å². The summed E-state index contributed by atoms with van der Waals surface area (Å²) in [4.78, 5) is 35.6. The Hall–Kier alpha value is -2.57. The molecule has 0 aromatic heterocycles. The van der Waals surface area contributed by atoms with Gasteiger partial charge >= 0.3 is 6.09 Å². The Bertz CT molecular complexity index is 552. The van der Waals surface area contributed by atoms with Crippen LogP contribution < -0.4 is 16.0 Å². The van der Waals surface area contributed by atoms with E-state index in [0.29, 0.717) is 5.56 Å². The number of hydrogen-bond donors (Lipinski definition) is 3. The summed E-state index contributed by atoms with van der Waals surface area (Å²) in [5.74, 6) is -0.755. The topological polar surface area (TPSA) is 96.5 Å². The Labute approximate surface area is 135 Å². The summed E-state index contributed by atoms with van der Waals surface area (Å²) >= 11 is 0. The number of hydrogen-bond acceptors (Lipinski definition) is 4. The highest BCUT2D eigenvalue weighted by molar-refractivity contribution is 5.95. The van der Waals surface area contributed by atoms with Crippen LogP contribution in [-0.2, 0) is 9.53 Å². The molecule has 0 spiro atoms. The highest BCUT2D eigenvalue weighted by Crippen LogP contribution is 2.06. The molecule has 0 heterocycles. The van der Waals surface area contributed by atoms with Crippen molar-refractivity contribution in [2.24, 2.45) is 0 Å². The lowest BCUT2D eigenvalue weighted by Crippen LogP contribution is -2.52. The Morgan fingerprint density at radius 3 is 2.26 bits per heavy atom. The van der Waals surface area contributed by atoms with Crippen LogP contribution in [0.2, 0.25) is 0 Å². The predicted molar refractivity (Wildman–Crippen MR) is 86.0 cm³/mol. The van der Waals surface area contributed by atoms with Crippen LogP contribution in [0.4, 0.5) is 4.79 Å². The average molecular weight is 321 g/mol. The van der Waals surface area contributed by atoms with Crippen LogP contribution >= 0.6 is 0 Å². The van der Waals surface area contributed by atoms with Gasteiger partial charge in [-0.25, -0.2) is 4.79 Å². The largest absolute Gasteiger partial charge is 0.444 e. The summed E-state index contributed by atoms with van der Waals surface area (Å²) in [6.45, 7) is 5.11. The van der Waals surface area contributed by atoms with Gasteiger partial charge in [-0.3, -0.25) is 9.59 Å². The molecule has 1 aromatic rings. The third kappa shape index (κ3) is 6.82. The van der Waals surface area contributed by atoms with E-state index in [4.69, 9.17) is 4.74 Å². The molecular weight excluding hydrogens is 298 g/mol. The van der Waals surface area contributed by atoms with Crippen LogP contribution in [0.3, 0.4) is 0 Å². The van der Waals surface area contributed by atoms with Crippen LogP contribution in [-0.4, -0.2) is 43.1 Å². The predicted octanol–water partition coefficient (Wildman–Crippen LogP) is 1.06. The van der Waals surface area contributed by atoms with Gasteiger partial charge in [-0.15, -0.1) is 0 Å². The smallest absolute Gasteiger partial charge is 0.408 e. The lowest BCUT2D eigenvalue weighted by atomic mass is 10.2. The molecule has 0 unspecified atom stereocenters. The monoisotopic (exact) mass is 321 g/mol. The second-order valence-electron chi connectivity index (χ2n) is 5.89. The average Bonchev–Trinajstić information content (AvgIpc) is 2.49. The van der Waals surface area contributed by atoms with Crippen molar-refractivity contribution in [3.63, 3.8) is 0 Å². The van der Waals surface area contributed by atoms with Crippen molar-refractivity contribution in [3.05, 3.63) is 35.9 Å². The molecule has 1 aromatic carbocycles. The zero-order valence-electron chi connectivity index (χ0n) is 13.8. The summed E-state index contributed by atoms with van der Waals surface area (Å²) in [6, 6.07) is 7.67. The van der Waals surface area contributed by atoms with Crippen LogP contribution in [0.1, 0.15) is 31.1 Å². The fraction of sp³-hybridized carbons (Fsp3) is 0.438. The molecule has 126 valence electrons. The van der Waals surface area contributed by atoms with Crippen molar-refractivity contribution in [3.8, 4) is 0 Å². The number of ether oxygens (including phenoxy) is 1. The molecule has 0 aliphatic heterocycles. The number of likely N-dealkylation sites (N-methyl/N-ethyl adjacent to an activating group) is 1. The second-order valence-corrected chi connectivity index (χ2v) is 5.89. The first-order chi connectivity index (χ1) is 10.7. The lowest BCUT2D eigenvalue weighted by Gasteiger charge is -2.23. The minimum atomic E-state index is -0.928. The van der Waals surface area contributed by atoms with Gasteiger partial charge in [0.25, 0.3) is 5.91 Å². The molecule has 0 aliphatic rings. The minimum absolute atomic E-state index is 0.0490. The maximum atomic E-state index is 12.0. The second kappa shape index (κ2) is 8.17. The Morgan fingerprint density at radius 2 is 1.74 bits per heavy atom. The molecule has 3 N–H and O–H groups in total. The van der Waals surface area contributed by atoms with Gasteiger partial charge in [-0.05, 0) is 32.9 Å². The Balaban J connectivity index is 2.63. The summed E-state index contributed by atoms with van der Waals surface area (Å²) in [6.07, 6.45) is -0.722.